The number of aryl methyl sites for hydroxylation is 2. The quantitative estimate of drug-likeness (QED) is 0.901. The lowest BCUT2D eigenvalue weighted by Gasteiger charge is -2.26. The van der Waals surface area contributed by atoms with Crippen LogP contribution in [0, 0.1) is 18.8 Å². The zero-order valence-corrected chi connectivity index (χ0v) is 15.0. The highest BCUT2D eigenvalue weighted by Crippen LogP contribution is 2.36. The molecule has 4 heteroatoms. The molecule has 1 aromatic heterocycles. The molecule has 3 nitrogen and oxygen atoms in total. The number of hydrogen-bond donors (Lipinski definition) is 1. The minimum Gasteiger partial charge on any atom is -0.312 e. The lowest BCUT2D eigenvalue weighted by Crippen LogP contribution is -2.40. The molecule has 20 heavy (non-hydrogen) atoms. The Hall–Kier alpha value is -0.350. The molecular formula is C16H28BrN3. The predicted molar refractivity (Wildman–Crippen MR) is 87.9 cm³/mol. The van der Waals surface area contributed by atoms with Crippen LogP contribution in [-0.4, -0.2) is 21.9 Å². The number of nitrogens with one attached hydrogen (secondary N) is 1. The van der Waals surface area contributed by atoms with Gasteiger partial charge in [-0.05, 0) is 81.3 Å². The maximum Gasteiger partial charge on any atom is 0.0738 e. The molecule has 1 aliphatic carbocycles. The van der Waals surface area contributed by atoms with Crippen LogP contribution in [0.1, 0.15) is 51.4 Å². The van der Waals surface area contributed by atoms with E-state index in [4.69, 9.17) is 0 Å². The van der Waals surface area contributed by atoms with E-state index in [1.165, 1.54) is 29.4 Å². The lowest BCUT2D eigenvalue weighted by atomic mass is 9.90. The topological polar surface area (TPSA) is 29.9 Å². The number of aromatic nitrogens is 2. The molecule has 1 saturated carbocycles. The second kappa shape index (κ2) is 6.18. The molecule has 1 aromatic rings. The van der Waals surface area contributed by atoms with Crippen molar-refractivity contribution in [1.82, 2.24) is 15.1 Å². The Labute approximate surface area is 131 Å². The Morgan fingerprint density at radius 1 is 1.30 bits per heavy atom. The van der Waals surface area contributed by atoms with E-state index in [-0.39, 0.29) is 5.54 Å². The van der Waals surface area contributed by atoms with Crippen molar-refractivity contribution in [3.8, 4) is 0 Å². The molecule has 114 valence electrons. The average Bonchev–Trinajstić information content (AvgIpc) is 2.87. The summed E-state index contributed by atoms with van der Waals surface area (Å²) < 4.78 is 3.25. The van der Waals surface area contributed by atoms with Crippen molar-refractivity contribution in [2.24, 2.45) is 18.9 Å². The van der Waals surface area contributed by atoms with Gasteiger partial charge in [-0.25, -0.2) is 0 Å². The third kappa shape index (κ3) is 3.85. The van der Waals surface area contributed by atoms with Crippen LogP contribution in [0.4, 0.5) is 0 Å². The molecule has 2 unspecified atom stereocenters. The number of halogens is 1. The van der Waals surface area contributed by atoms with Crippen molar-refractivity contribution in [2.45, 2.75) is 58.9 Å². The molecule has 1 N–H and O–H groups in total. The Balaban J connectivity index is 2.01. The van der Waals surface area contributed by atoms with Crippen molar-refractivity contribution in [3.05, 3.63) is 15.9 Å². The van der Waals surface area contributed by atoms with Crippen LogP contribution in [0.25, 0.3) is 0 Å². The highest BCUT2D eigenvalue weighted by molar-refractivity contribution is 9.10. The van der Waals surface area contributed by atoms with Gasteiger partial charge < -0.3 is 5.32 Å². The third-order valence-electron chi connectivity index (χ3n) is 4.43. The molecule has 1 fully saturated rings. The van der Waals surface area contributed by atoms with E-state index in [9.17, 15) is 0 Å². The summed E-state index contributed by atoms with van der Waals surface area (Å²) >= 11 is 3.70. The molecule has 1 aliphatic rings. The molecule has 0 spiro atoms. The Morgan fingerprint density at radius 3 is 2.50 bits per heavy atom. The first-order valence-electron chi connectivity index (χ1n) is 7.71. The van der Waals surface area contributed by atoms with Crippen LogP contribution in [0.15, 0.2) is 4.47 Å². The van der Waals surface area contributed by atoms with E-state index in [0.29, 0.717) is 0 Å². The summed E-state index contributed by atoms with van der Waals surface area (Å²) in [5, 5.41) is 8.20. The highest BCUT2D eigenvalue weighted by Gasteiger charge is 2.29. The van der Waals surface area contributed by atoms with Crippen molar-refractivity contribution in [1.29, 1.82) is 0 Å². The van der Waals surface area contributed by atoms with E-state index in [1.807, 2.05) is 4.68 Å². The zero-order valence-electron chi connectivity index (χ0n) is 13.5. The monoisotopic (exact) mass is 341 g/mol. The Morgan fingerprint density at radius 2 is 1.95 bits per heavy atom. The van der Waals surface area contributed by atoms with Crippen LogP contribution in [0.2, 0.25) is 0 Å². The van der Waals surface area contributed by atoms with Gasteiger partial charge in [0.15, 0.2) is 0 Å². The summed E-state index contributed by atoms with van der Waals surface area (Å²) in [6.07, 6.45) is 5.24. The predicted octanol–water partition coefficient (Wildman–Crippen LogP) is 3.84. The van der Waals surface area contributed by atoms with Gasteiger partial charge in [-0.1, -0.05) is 6.42 Å². The average molecular weight is 342 g/mol. The van der Waals surface area contributed by atoms with Gasteiger partial charge in [0.2, 0.25) is 0 Å². The molecule has 0 saturated heterocycles. The summed E-state index contributed by atoms with van der Waals surface area (Å²) in [5.41, 5.74) is 2.68. The van der Waals surface area contributed by atoms with E-state index < -0.39 is 0 Å². The van der Waals surface area contributed by atoms with Gasteiger partial charge in [0.1, 0.15) is 0 Å². The zero-order chi connectivity index (χ0) is 14.9. The first-order chi connectivity index (χ1) is 9.28. The van der Waals surface area contributed by atoms with Crippen LogP contribution in [0.3, 0.4) is 0 Å². The van der Waals surface area contributed by atoms with Gasteiger partial charge in [0, 0.05) is 12.6 Å². The smallest absolute Gasteiger partial charge is 0.0738 e. The highest BCUT2D eigenvalue weighted by atomic mass is 79.9. The number of hydrogen-bond acceptors (Lipinski definition) is 2. The summed E-state index contributed by atoms with van der Waals surface area (Å²) in [6.45, 7) is 9.96. The van der Waals surface area contributed by atoms with Gasteiger partial charge >= 0.3 is 0 Å². The summed E-state index contributed by atoms with van der Waals surface area (Å²) in [6, 6.07) is 0. The molecule has 2 atom stereocenters. The Kier molecular flexibility index (Phi) is 4.96. The van der Waals surface area contributed by atoms with Crippen molar-refractivity contribution in [2.75, 3.05) is 6.54 Å². The first kappa shape index (κ1) is 16.0. The van der Waals surface area contributed by atoms with Crippen LogP contribution in [0.5, 0.6) is 0 Å². The lowest BCUT2D eigenvalue weighted by molar-refractivity contribution is 0.314. The molecule has 0 aliphatic heterocycles. The second-order valence-corrected chi connectivity index (χ2v) is 8.05. The Bertz CT molecular complexity index is 459. The minimum absolute atomic E-state index is 0.219. The van der Waals surface area contributed by atoms with E-state index in [2.05, 4.69) is 61.1 Å². The first-order valence-corrected chi connectivity index (χ1v) is 8.50. The number of nitrogens with zero attached hydrogens (tertiary/aromatic N) is 2. The van der Waals surface area contributed by atoms with Gasteiger partial charge in [0.25, 0.3) is 0 Å². The van der Waals surface area contributed by atoms with Crippen molar-refractivity contribution in [3.63, 3.8) is 0 Å². The van der Waals surface area contributed by atoms with Gasteiger partial charge in [0.05, 0.1) is 15.9 Å². The van der Waals surface area contributed by atoms with Crippen molar-refractivity contribution >= 4 is 15.9 Å². The third-order valence-corrected chi connectivity index (χ3v) is 5.46. The summed E-state index contributed by atoms with van der Waals surface area (Å²) in [5.74, 6) is 1.59. The molecule has 1 heterocycles. The fourth-order valence-corrected chi connectivity index (χ4v) is 3.74. The van der Waals surface area contributed by atoms with E-state index >= 15 is 0 Å². The van der Waals surface area contributed by atoms with E-state index in [1.54, 1.807) is 0 Å². The van der Waals surface area contributed by atoms with Crippen LogP contribution < -0.4 is 5.32 Å². The molecule has 2 rings (SSSR count). The van der Waals surface area contributed by atoms with Crippen LogP contribution in [-0.2, 0) is 13.5 Å². The largest absolute Gasteiger partial charge is 0.312 e. The van der Waals surface area contributed by atoms with Gasteiger partial charge in [-0.3, -0.25) is 4.68 Å². The SMILES string of the molecule is Cc1nn(C)c(CC2CCCC2CNC(C)(C)C)c1Br. The standard InChI is InChI=1S/C16H28BrN3/c1-11-15(17)14(20(5)19-11)9-12-7-6-8-13(12)10-18-16(2,3)4/h12-13,18H,6-10H2,1-5H3. The minimum atomic E-state index is 0.219. The van der Waals surface area contributed by atoms with Gasteiger partial charge in [-0.2, -0.15) is 5.10 Å². The van der Waals surface area contributed by atoms with E-state index in [0.717, 1.165) is 30.5 Å². The molecular weight excluding hydrogens is 314 g/mol. The molecule has 0 amide bonds. The fourth-order valence-electron chi connectivity index (χ4n) is 3.24. The molecule has 0 aromatic carbocycles. The van der Waals surface area contributed by atoms with Crippen molar-refractivity contribution < 1.29 is 0 Å². The maximum atomic E-state index is 4.52. The molecule has 0 bridgehead atoms. The van der Waals surface area contributed by atoms with Crippen LogP contribution >= 0.6 is 15.9 Å². The summed E-state index contributed by atoms with van der Waals surface area (Å²) in [4.78, 5) is 0. The fraction of sp³-hybridized carbons (Fsp3) is 0.812. The maximum absolute atomic E-state index is 4.52. The normalized spacial score (nSPS) is 23.5. The summed E-state index contributed by atoms with van der Waals surface area (Å²) in [7, 11) is 2.06. The second-order valence-electron chi connectivity index (χ2n) is 7.26. The molecule has 0 radical (unpaired) electrons. The van der Waals surface area contributed by atoms with Gasteiger partial charge in [-0.15, -0.1) is 0 Å². The number of rotatable bonds is 4.